The van der Waals surface area contributed by atoms with E-state index in [0.29, 0.717) is 17.2 Å². The molecule has 57 heavy (non-hydrogen) atoms. The van der Waals surface area contributed by atoms with Crippen molar-refractivity contribution in [3.05, 3.63) is 194 Å². The molecule has 4 heterocycles. The van der Waals surface area contributed by atoms with Gasteiger partial charge in [0, 0.05) is 78.2 Å². The molecule has 11 rings (SSSR count). The van der Waals surface area contributed by atoms with Gasteiger partial charge in [-0.3, -0.25) is 0 Å². The predicted molar refractivity (Wildman–Crippen MR) is 218 cm³/mol. The molecule has 0 aliphatic carbocycles. The fourth-order valence-corrected chi connectivity index (χ4v) is 7.98. The summed E-state index contributed by atoms with van der Waals surface area (Å²) in [5.74, 6) is 0.422. The Morgan fingerprint density at radius 1 is 0.526 bits per heavy atom. The molecule has 0 atom stereocenters. The van der Waals surface area contributed by atoms with Crippen molar-refractivity contribution in [2.75, 3.05) is 9.80 Å². The Morgan fingerprint density at radius 2 is 1.16 bits per heavy atom. The van der Waals surface area contributed by atoms with E-state index < -0.39 is 11.6 Å². The molecule has 0 spiro atoms. The molecule has 1 aliphatic rings. The number of hydrogen-bond acceptors (Lipinski definition) is 4. The minimum atomic E-state index is -0.668. The van der Waals surface area contributed by atoms with Crippen molar-refractivity contribution < 1.29 is 34.6 Å². The maximum atomic E-state index is 15.3. The van der Waals surface area contributed by atoms with Crippen LogP contribution in [-0.4, -0.2) is 14.1 Å². The predicted octanol–water partition coefficient (Wildman–Crippen LogP) is 12.4. The molecule has 0 saturated heterocycles. The summed E-state index contributed by atoms with van der Waals surface area (Å²) < 4.78 is 40.4. The molecule has 0 radical (unpaired) electrons. The Labute approximate surface area is 340 Å². The Morgan fingerprint density at radius 3 is 1.84 bits per heavy atom. The van der Waals surface area contributed by atoms with Crippen LogP contribution in [0.25, 0.3) is 55.1 Å². The van der Waals surface area contributed by atoms with Gasteiger partial charge in [-0.25, -0.2) is 13.8 Å². The van der Waals surface area contributed by atoms with Gasteiger partial charge in [0.15, 0.2) is 0 Å². The van der Waals surface area contributed by atoms with Crippen molar-refractivity contribution in [1.29, 1.82) is 0 Å². The van der Waals surface area contributed by atoms with E-state index in [-0.39, 0.29) is 26.8 Å². The minimum absolute atomic E-state index is 0. The smallest absolute Gasteiger partial charge is 0.147 e. The number of benzene rings is 7. The quantitative estimate of drug-likeness (QED) is 0.156. The number of hydrogen-bond donors (Lipinski definition) is 0. The Balaban J connectivity index is 0.00000396. The normalized spacial score (nSPS) is 12.5. The van der Waals surface area contributed by atoms with E-state index in [1.807, 2.05) is 95.9 Å². The number of ether oxygens (including phenoxy) is 1. The molecule has 0 saturated carbocycles. The van der Waals surface area contributed by atoms with Gasteiger partial charge in [-0.15, -0.1) is 42.4 Å². The third-order valence-corrected chi connectivity index (χ3v) is 10.4. The van der Waals surface area contributed by atoms with E-state index in [1.165, 1.54) is 12.1 Å². The Bertz CT molecular complexity index is 3110. The van der Waals surface area contributed by atoms with E-state index in [4.69, 9.17) is 4.74 Å². The number of aromatic nitrogens is 3. The molecule has 3 aromatic heterocycles. The maximum absolute atomic E-state index is 15.3. The van der Waals surface area contributed by atoms with Gasteiger partial charge in [0.2, 0.25) is 0 Å². The molecule has 0 unspecified atom stereocenters. The van der Waals surface area contributed by atoms with Crippen molar-refractivity contribution in [3.63, 3.8) is 0 Å². The second-order valence-electron chi connectivity index (χ2n) is 13.6. The van der Waals surface area contributed by atoms with Crippen LogP contribution in [0.1, 0.15) is 0 Å². The molecule has 0 fully saturated rings. The molecule has 0 bridgehead atoms. The third-order valence-electron chi connectivity index (χ3n) is 10.4. The number of fused-ring (bicyclic) bond motifs is 7. The van der Waals surface area contributed by atoms with Crippen molar-refractivity contribution in [3.8, 4) is 23.0 Å². The number of halogens is 2. The van der Waals surface area contributed by atoms with Crippen LogP contribution in [0.3, 0.4) is 0 Å². The van der Waals surface area contributed by atoms with E-state index in [2.05, 4.69) is 74.8 Å². The van der Waals surface area contributed by atoms with E-state index in [9.17, 15) is 4.39 Å². The van der Waals surface area contributed by atoms with Crippen molar-refractivity contribution in [2.45, 2.75) is 0 Å². The van der Waals surface area contributed by atoms with Gasteiger partial charge < -0.3 is 23.7 Å². The number of nitrogens with zero attached hydrogens (tertiary/aromatic N) is 5. The first-order valence-electron chi connectivity index (χ1n) is 18.2. The molecular formula is C48H28F2N5OPt-3. The zero-order chi connectivity index (χ0) is 37.3. The summed E-state index contributed by atoms with van der Waals surface area (Å²) in [7, 11) is 0. The zero-order valence-electron chi connectivity index (χ0n) is 29.9. The van der Waals surface area contributed by atoms with Crippen LogP contribution in [0, 0.1) is 30.4 Å². The van der Waals surface area contributed by atoms with Gasteiger partial charge >= 0.3 is 0 Å². The number of pyridine rings is 1. The topological polar surface area (TPSA) is 38.5 Å². The number of anilines is 4. The summed E-state index contributed by atoms with van der Waals surface area (Å²) >= 11 is 0. The third kappa shape index (κ3) is 5.67. The summed E-state index contributed by atoms with van der Waals surface area (Å²) in [4.78, 5) is 8.35. The first-order chi connectivity index (χ1) is 27.6. The zero-order valence-corrected chi connectivity index (χ0v) is 32.2. The summed E-state index contributed by atoms with van der Waals surface area (Å²) in [6.07, 6.45) is 1.78. The van der Waals surface area contributed by atoms with Crippen LogP contribution in [0.5, 0.6) is 11.5 Å². The first kappa shape index (κ1) is 34.7. The van der Waals surface area contributed by atoms with Crippen LogP contribution < -0.4 is 14.5 Å². The largest absolute Gasteiger partial charge is 0.509 e. The fraction of sp³-hybridized carbons (Fsp3) is 0. The summed E-state index contributed by atoms with van der Waals surface area (Å²) in [5.41, 5.74) is 7.16. The second kappa shape index (κ2) is 13.8. The molecule has 278 valence electrons. The van der Waals surface area contributed by atoms with Gasteiger partial charge in [-0.05, 0) is 60.0 Å². The van der Waals surface area contributed by atoms with Gasteiger partial charge in [0.1, 0.15) is 17.5 Å². The number of rotatable bonds is 6. The molecule has 10 aromatic rings. The number of para-hydroxylation sites is 5. The monoisotopic (exact) mass is 923 g/mol. The SMILES string of the molecule is Fc1ccc(N2[CH-]N(c3[c-]c(Oc4[c-]c5c(cc4)c4ccccc4n5-c4ccccn4)cc(-n4c5ccccc5c5ccccc54)c3)c3ccccc32)c(F)c1.[Pt]. The average Bonchev–Trinajstić information content (AvgIpc) is 3.89. The molecular weight excluding hydrogens is 896 g/mol. The molecule has 7 aromatic carbocycles. The standard InChI is InChI=1S/C48H28F2N5O.Pt/c49-31-20-23-44(40(50)25-31)53-30-52(45-17-7-8-18-46(45)53)32-26-33(54-41-14-4-1-11-36(41)37-12-2-5-15-42(37)54)28-35(27-32)56-34-21-22-39-38-13-3-6-16-43(38)55(47(39)29-34)48-19-9-10-24-51-48;/h1-26,28,30H;/q-3;. The van der Waals surface area contributed by atoms with Crippen LogP contribution in [0.4, 0.5) is 31.5 Å². The molecule has 0 amide bonds. The van der Waals surface area contributed by atoms with Crippen LogP contribution in [0.15, 0.2) is 164 Å². The van der Waals surface area contributed by atoms with Crippen LogP contribution >= 0.6 is 0 Å². The Hall–Kier alpha value is -6.76. The Kier molecular flexibility index (Phi) is 8.38. The van der Waals surface area contributed by atoms with Crippen molar-refractivity contribution in [1.82, 2.24) is 14.1 Å². The van der Waals surface area contributed by atoms with Crippen LogP contribution in [-0.2, 0) is 21.1 Å². The van der Waals surface area contributed by atoms with E-state index in [0.717, 1.165) is 72.6 Å². The molecule has 1 aliphatic heterocycles. The van der Waals surface area contributed by atoms with Crippen LogP contribution in [0.2, 0.25) is 0 Å². The van der Waals surface area contributed by atoms with E-state index >= 15 is 4.39 Å². The molecule has 9 heteroatoms. The first-order valence-corrected chi connectivity index (χ1v) is 18.2. The van der Waals surface area contributed by atoms with Gasteiger partial charge in [-0.1, -0.05) is 89.7 Å². The summed E-state index contributed by atoms with van der Waals surface area (Å²) in [6, 6.07) is 57.2. The van der Waals surface area contributed by atoms with Crippen molar-refractivity contribution >= 4 is 66.4 Å². The minimum Gasteiger partial charge on any atom is -0.509 e. The molecule has 6 nitrogen and oxygen atoms in total. The van der Waals surface area contributed by atoms with Crippen molar-refractivity contribution in [2.24, 2.45) is 0 Å². The summed E-state index contributed by atoms with van der Waals surface area (Å²) in [5, 5.41) is 4.36. The second-order valence-corrected chi connectivity index (χ2v) is 13.6. The molecule has 0 N–H and O–H groups in total. The maximum Gasteiger partial charge on any atom is 0.147 e. The van der Waals surface area contributed by atoms with Gasteiger partial charge in [0.05, 0.1) is 11.0 Å². The average molecular weight is 924 g/mol. The van der Waals surface area contributed by atoms with Gasteiger partial charge in [0.25, 0.3) is 0 Å². The van der Waals surface area contributed by atoms with Gasteiger partial charge in [-0.2, -0.15) is 6.07 Å². The fourth-order valence-electron chi connectivity index (χ4n) is 7.98. The summed E-state index contributed by atoms with van der Waals surface area (Å²) in [6.45, 7) is 1.80. The van der Waals surface area contributed by atoms with E-state index in [1.54, 1.807) is 17.8 Å².